The Morgan fingerprint density at radius 3 is 2.39 bits per heavy atom. The largest absolute Gasteiger partial charge is 0.298 e. The normalized spacial score (nSPS) is 10.8. The highest BCUT2D eigenvalue weighted by Crippen LogP contribution is 2.28. The van der Waals surface area contributed by atoms with Gasteiger partial charge in [-0.05, 0) is 24.3 Å². The number of hydrogen-bond donors (Lipinski definition) is 0. The molecule has 0 amide bonds. The van der Waals surface area contributed by atoms with Crippen LogP contribution in [-0.4, -0.2) is 26.0 Å². The molecule has 0 saturated carbocycles. The van der Waals surface area contributed by atoms with Crippen LogP contribution in [0, 0.1) is 10.1 Å². The highest BCUT2D eigenvalue weighted by molar-refractivity contribution is 9.10. The van der Waals surface area contributed by atoms with Crippen molar-refractivity contribution in [3.05, 3.63) is 80.3 Å². The van der Waals surface area contributed by atoms with Gasteiger partial charge >= 0.3 is 0 Å². The first-order valence-electron chi connectivity index (χ1n) is 8.06. The predicted octanol–water partition coefficient (Wildman–Crippen LogP) is 5.15. The van der Waals surface area contributed by atoms with E-state index in [-0.39, 0.29) is 5.69 Å². The van der Waals surface area contributed by atoms with Crippen molar-refractivity contribution in [3.8, 4) is 27.6 Å². The molecule has 9 heteroatoms. The molecule has 2 aromatic carbocycles. The molecule has 4 aromatic rings. The lowest BCUT2D eigenvalue weighted by atomic mass is 10.1. The van der Waals surface area contributed by atoms with Crippen LogP contribution in [0.25, 0.3) is 27.6 Å². The minimum absolute atomic E-state index is 0.0186. The fraction of sp³-hybridized carbons (Fsp3) is 0. The van der Waals surface area contributed by atoms with Gasteiger partial charge in [-0.15, -0.1) is 11.3 Å². The van der Waals surface area contributed by atoms with Crippen molar-refractivity contribution in [1.29, 1.82) is 0 Å². The number of halogens is 1. The maximum Gasteiger partial charge on any atom is 0.269 e. The Hall–Kier alpha value is -3.17. The van der Waals surface area contributed by atoms with Gasteiger partial charge in [0.1, 0.15) is 5.69 Å². The van der Waals surface area contributed by atoms with Gasteiger partial charge in [-0.2, -0.15) is 5.10 Å². The molecule has 4 rings (SSSR count). The second-order valence-corrected chi connectivity index (χ2v) is 7.57. The highest BCUT2D eigenvalue weighted by Gasteiger charge is 2.15. The number of carbonyl (C=O) groups excluding carboxylic acids is 1. The average molecular weight is 455 g/mol. The number of thiazole rings is 1. The molecule has 2 aromatic heterocycles. The van der Waals surface area contributed by atoms with Crippen LogP contribution >= 0.6 is 27.3 Å². The summed E-state index contributed by atoms with van der Waals surface area (Å²) in [6.07, 6.45) is 2.32. The predicted molar refractivity (Wildman–Crippen MR) is 110 cm³/mol. The van der Waals surface area contributed by atoms with Crippen molar-refractivity contribution in [3.63, 3.8) is 0 Å². The van der Waals surface area contributed by atoms with Crippen LogP contribution in [0.3, 0.4) is 0 Å². The van der Waals surface area contributed by atoms with E-state index in [9.17, 15) is 14.9 Å². The first-order valence-corrected chi connectivity index (χ1v) is 9.74. The minimum atomic E-state index is -0.470. The Kier molecular flexibility index (Phi) is 4.84. The zero-order valence-corrected chi connectivity index (χ0v) is 16.6. The number of aromatic nitrogens is 3. The van der Waals surface area contributed by atoms with Gasteiger partial charge in [0, 0.05) is 39.3 Å². The number of nitro groups is 1. The van der Waals surface area contributed by atoms with E-state index < -0.39 is 4.92 Å². The second-order valence-electron chi connectivity index (χ2n) is 5.82. The molecular formula is C19H11BrN4O3S. The Morgan fingerprint density at radius 2 is 1.75 bits per heavy atom. The Bertz CT molecular complexity index is 1170. The van der Waals surface area contributed by atoms with E-state index in [1.807, 2.05) is 29.6 Å². The van der Waals surface area contributed by atoms with E-state index in [1.165, 1.54) is 23.5 Å². The fourth-order valence-electron chi connectivity index (χ4n) is 2.66. The number of non-ortho nitro benzene ring substituents is 1. The fourth-order valence-corrected chi connectivity index (χ4v) is 3.68. The van der Waals surface area contributed by atoms with E-state index in [0.717, 1.165) is 15.7 Å². The number of nitrogens with zero attached hydrogens (tertiary/aromatic N) is 4. The number of benzene rings is 2. The molecule has 0 spiro atoms. The van der Waals surface area contributed by atoms with E-state index in [1.54, 1.807) is 23.0 Å². The molecule has 2 heterocycles. The number of rotatable bonds is 5. The third-order valence-electron chi connectivity index (χ3n) is 4.05. The summed E-state index contributed by atoms with van der Waals surface area (Å²) in [5.74, 6) is 0. The van der Waals surface area contributed by atoms with Gasteiger partial charge in [0.05, 0.1) is 16.2 Å². The topological polar surface area (TPSA) is 90.9 Å². The molecular weight excluding hydrogens is 444 g/mol. The van der Waals surface area contributed by atoms with Crippen LogP contribution in [0.15, 0.2) is 64.6 Å². The number of hydrogen-bond acceptors (Lipinski definition) is 6. The molecule has 0 aliphatic heterocycles. The number of nitro benzene ring substituents is 1. The summed E-state index contributed by atoms with van der Waals surface area (Å²) in [5, 5.41) is 17.8. The molecule has 7 nitrogen and oxygen atoms in total. The molecule has 0 radical (unpaired) electrons. The molecule has 28 heavy (non-hydrogen) atoms. The maximum absolute atomic E-state index is 11.5. The Morgan fingerprint density at radius 1 is 1.07 bits per heavy atom. The quantitative estimate of drug-likeness (QED) is 0.236. The summed E-state index contributed by atoms with van der Waals surface area (Å²) >= 11 is 4.82. The van der Waals surface area contributed by atoms with E-state index in [2.05, 4.69) is 26.0 Å². The summed E-state index contributed by atoms with van der Waals surface area (Å²) in [6.45, 7) is 0. The molecule has 0 bridgehead atoms. The second kappa shape index (κ2) is 7.45. The SMILES string of the molecule is O=Cc1cn(-c2nc(-c3ccc(Br)cc3)cs2)nc1-c1ccc([N+](=O)[O-])cc1. The molecule has 0 N–H and O–H groups in total. The number of aldehydes is 1. The van der Waals surface area contributed by atoms with Crippen molar-refractivity contribution in [2.45, 2.75) is 0 Å². The Labute approximate surface area is 171 Å². The van der Waals surface area contributed by atoms with E-state index >= 15 is 0 Å². The molecule has 0 unspecified atom stereocenters. The summed E-state index contributed by atoms with van der Waals surface area (Å²) in [7, 11) is 0. The van der Waals surface area contributed by atoms with Gasteiger partial charge in [0.2, 0.25) is 5.13 Å². The van der Waals surface area contributed by atoms with Gasteiger partial charge in [-0.3, -0.25) is 14.9 Å². The van der Waals surface area contributed by atoms with Gasteiger partial charge in [0.25, 0.3) is 5.69 Å². The molecule has 0 atom stereocenters. The molecule has 138 valence electrons. The average Bonchev–Trinajstić information content (AvgIpc) is 3.36. The summed E-state index contributed by atoms with van der Waals surface area (Å²) < 4.78 is 2.54. The van der Waals surface area contributed by atoms with Crippen LogP contribution in [0.4, 0.5) is 5.69 Å². The standard InChI is InChI=1S/C19H11BrN4O3S/c20-15-5-1-12(2-6-15)17-11-28-19(21-17)23-9-14(10-25)18(22-23)13-3-7-16(8-4-13)24(26)27/h1-11H. The van der Waals surface area contributed by atoms with Crippen LogP contribution in [0.1, 0.15) is 10.4 Å². The molecule has 0 fully saturated rings. The highest BCUT2D eigenvalue weighted by atomic mass is 79.9. The van der Waals surface area contributed by atoms with Crippen LogP contribution in [0.5, 0.6) is 0 Å². The van der Waals surface area contributed by atoms with Gasteiger partial charge in [0.15, 0.2) is 6.29 Å². The van der Waals surface area contributed by atoms with Crippen molar-refractivity contribution in [2.75, 3.05) is 0 Å². The number of carbonyl (C=O) groups is 1. The van der Waals surface area contributed by atoms with Crippen molar-refractivity contribution in [2.24, 2.45) is 0 Å². The van der Waals surface area contributed by atoms with Crippen molar-refractivity contribution >= 4 is 39.2 Å². The smallest absolute Gasteiger partial charge is 0.269 e. The van der Waals surface area contributed by atoms with Gasteiger partial charge in [-0.25, -0.2) is 9.67 Å². The van der Waals surface area contributed by atoms with Crippen LogP contribution in [-0.2, 0) is 0 Å². The third kappa shape index (κ3) is 3.49. The Balaban J connectivity index is 1.69. The van der Waals surface area contributed by atoms with Gasteiger partial charge < -0.3 is 0 Å². The van der Waals surface area contributed by atoms with Crippen LogP contribution < -0.4 is 0 Å². The van der Waals surface area contributed by atoms with Crippen molar-refractivity contribution < 1.29 is 9.72 Å². The third-order valence-corrected chi connectivity index (χ3v) is 5.41. The molecule has 0 aliphatic carbocycles. The van der Waals surface area contributed by atoms with E-state index in [0.29, 0.717) is 28.2 Å². The molecule has 0 aliphatic rings. The maximum atomic E-state index is 11.5. The molecule has 0 saturated heterocycles. The summed E-state index contributed by atoms with van der Waals surface area (Å²) in [4.78, 5) is 26.4. The lowest BCUT2D eigenvalue weighted by Gasteiger charge is -1.98. The summed E-state index contributed by atoms with van der Waals surface area (Å²) in [6, 6.07) is 13.7. The van der Waals surface area contributed by atoms with Gasteiger partial charge in [-0.1, -0.05) is 28.1 Å². The lowest BCUT2D eigenvalue weighted by molar-refractivity contribution is -0.384. The first kappa shape index (κ1) is 18.2. The minimum Gasteiger partial charge on any atom is -0.298 e. The summed E-state index contributed by atoms with van der Waals surface area (Å²) in [5.41, 5.74) is 3.22. The monoisotopic (exact) mass is 454 g/mol. The van der Waals surface area contributed by atoms with Crippen molar-refractivity contribution in [1.82, 2.24) is 14.8 Å². The van der Waals surface area contributed by atoms with Crippen LogP contribution in [0.2, 0.25) is 0 Å². The lowest BCUT2D eigenvalue weighted by Crippen LogP contribution is -1.94. The zero-order chi connectivity index (χ0) is 19.7. The zero-order valence-electron chi connectivity index (χ0n) is 14.2. The van der Waals surface area contributed by atoms with E-state index in [4.69, 9.17) is 0 Å². The first-order chi connectivity index (χ1) is 13.5.